The van der Waals surface area contributed by atoms with Gasteiger partial charge in [0.1, 0.15) is 18.2 Å². The van der Waals surface area contributed by atoms with E-state index < -0.39 is 0 Å². The molecule has 0 bridgehead atoms. The molecule has 224 valence electrons. The van der Waals surface area contributed by atoms with Crippen LogP contribution in [0.2, 0.25) is 0 Å². The van der Waals surface area contributed by atoms with Crippen molar-refractivity contribution in [3.05, 3.63) is 186 Å². The third-order valence-corrected chi connectivity index (χ3v) is 9.09. The van der Waals surface area contributed by atoms with Crippen molar-refractivity contribution in [2.75, 3.05) is 10.2 Å². The molecule has 2 atom stereocenters. The number of aliphatic imine (C=N–C) groups is 2. The summed E-state index contributed by atoms with van der Waals surface area (Å²) in [5, 5.41) is 12.4. The van der Waals surface area contributed by atoms with Crippen molar-refractivity contribution in [2.24, 2.45) is 9.98 Å². The van der Waals surface area contributed by atoms with E-state index in [9.17, 15) is 0 Å². The van der Waals surface area contributed by atoms with Gasteiger partial charge in [-0.2, -0.15) is 0 Å². The first-order chi connectivity index (χ1) is 23.3. The van der Waals surface area contributed by atoms with Gasteiger partial charge in [-0.15, -0.1) is 0 Å². The summed E-state index contributed by atoms with van der Waals surface area (Å²) in [5.41, 5.74) is 7.81. The lowest BCUT2D eigenvalue weighted by atomic mass is 9.97. The summed E-state index contributed by atoms with van der Waals surface area (Å²) in [5.74, 6) is 1.54. The van der Waals surface area contributed by atoms with E-state index in [1.165, 1.54) is 32.8 Å². The highest BCUT2D eigenvalue weighted by Crippen LogP contribution is 2.50. The van der Waals surface area contributed by atoms with Gasteiger partial charge in [0.25, 0.3) is 0 Å². The van der Waals surface area contributed by atoms with Gasteiger partial charge in [0, 0.05) is 22.2 Å². The minimum Gasteiger partial charge on any atom is -0.359 e. The Bertz CT molecular complexity index is 2300. The molecular weight excluding hydrogens is 574 g/mol. The van der Waals surface area contributed by atoms with Crippen molar-refractivity contribution >= 4 is 50.3 Å². The van der Waals surface area contributed by atoms with E-state index in [2.05, 4.69) is 143 Å². The number of rotatable bonds is 5. The molecule has 0 spiro atoms. The summed E-state index contributed by atoms with van der Waals surface area (Å²) in [7, 11) is 0. The number of para-hydroxylation sites is 1. The Morgan fingerprint density at radius 2 is 1.17 bits per heavy atom. The number of anilines is 3. The highest BCUT2D eigenvalue weighted by atomic mass is 15.3. The normalized spacial score (nSPS) is 17.1. The van der Waals surface area contributed by atoms with Crippen molar-refractivity contribution in [3.63, 3.8) is 0 Å². The molecule has 47 heavy (non-hydrogen) atoms. The molecule has 2 aliphatic heterocycles. The van der Waals surface area contributed by atoms with Crippen molar-refractivity contribution in [1.29, 1.82) is 0 Å². The SMILES string of the molecule is c1ccc(C2=NC(c3ccc4c(ccc5ccc6c(c54)NC(c4ccccc4)N6c4ccccc4)c3)NC(c3ccccc3)=N2)cc1. The number of amidine groups is 2. The summed E-state index contributed by atoms with van der Waals surface area (Å²) >= 11 is 0. The number of hydrogen-bond donors (Lipinski definition) is 2. The zero-order valence-corrected chi connectivity index (χ0v) is 25.6. The fraction of sp³-hybridized carbons (Fsp3) is 0.0476. The first kappa shape index (κ1) is 27.1. The summed E-state index contributed by atoms with van der Waals surface area (Å²) < 4.78 is 0. The Morgan fingerprint density at radius 3 is 1.91 bits per heavy atom. The van der Waals surface area contributed by atoms with Crippen LogP contribution < -0.4 is 15.5 Å². The van der Waals surface area contributed by atoms with Gasteiger partial charge in [0.15, 0.2) is 5.84 Å². The minimum absolute atomic E-state index is 0.0263. The lowest BCUT2D eigenvalue weighted by molar-refractivity contribution is 0.675. The van der Waals surface area contributed by atoms with Crippen molar-refractivity contribution in [3.8, 4) is 0 Å². The average molecular weight is 606 g/mol. The molecule has 5 heteroatoms. The lowest BCUT2D eigenvalue weighted by Crippen LogP contribution is -2.33. The van der Waals surface area contributed by atoms with E-state index >= 15 is 0 Å². The molecular formula is C42H31N5. The molecule has 5 nitrogen and oxygen atoms in total. The van der Waals surface area contributed by atoms with Gasteiger partial charge in [-0.1, -0.05) is 140 Å². The average Bonchev–Trinajstić information content (AvgIpc) is 3.56. The van der Waals surface area contributed by atoms with Crippen LogP contribution in [-0.4, -0.2) is 11.7 Å². The predicted octanol–water partition coefficient (Wildman–Crippen LogP) is 9.75. The Hall–Kier alpha value is -6.20. The maximum Gasteiger partial charge on any atom is 0.159 e. The molecule has 0 radical (unpaired) electrons. The maximum atomic E-state index is 5.11. The number of benzene rings is 7. The van der Waals surface area contributed by atoms with Crippen LogP contribution in [0.15, 0.2) is 174 Å². The van der Waals surface area contributed by atoms with Crippen molar-refractivity contribution in [1.82, 2.24) is 5.32 Å². The zero-order chi connectivity index (χ0) is 31.2. The largest absolute Gasteiger partial charge is 0.359 e. The molecule has 2 aliphatic rings. The first-order valence-electron chi connectivity index (χ1n) is 16.0. The molecule has 0 saturated carbocycles. The molecule has 0 aromatic heterocycles. The smallest absolute Gasteiger partial charge is 0.159 e. The summed E-state index contributed by atoms with van der Waals surface area (Å²) in [4.78, 5) is 12.5. The summed E-state index contributed by atoms with van der Waals surface area (Å²) in [6, 6.07) is 57.5. The van der Waals surface area contributed by atoms with Gasteiger partial charge in [-0.3, -0.25) is 0 Å². The highest BCUT2D eigenvalue weighted by Gasteiger charge is 2.33. The van der Waals surface area contributed by atoms with Crippen LogP contribution in [0, 0.1) is 0 Å². The standard InChI is InChI=1S/C42H31N5/c1-5-13-29(14-6-1)39-44-40(30-15-7-2-8-16-30)46-41(45-39)33-23-25-35-32(27-33)22-21-28-24-26-36-38(37(28)35)43-42(31-17-9-3-10-18-31)47(36)34-19-11-4-12-20-34/h1-27,41-43H,(H,44,45,46). The minimum atomic E-state index is -0.284. The quantitative estimate of drug-likeness (QED) is 0.192. The fourth-order valence-electron chi connectivity index (χ4n) is 6.84. The lowest BCUT2D eigenvalue weighted by Gasteiger charge is -2.27. The van der Waals surface area contributed by atoms with Crippen LogP contribution in [0.3, 0.4) is 0 Å². The molecule has 9 rings (SSSR count). The van der Waals surface area contributed by atoms with Crippen LogP contribution >= 0.6 is 0 Å². The van der Waals surface area contributed by atoms with Gasteiger partial charge in [0.05, 0.1) is 11.4 Å². The Balaban J connectivity index is 1.16. The van der Waals surface area contributed by atoms with Gasteiger partial charge in [-0.05, 0) is 51.6 Å². The molecule has 7 aromatic rings. The molecule has 0 saturated heterocycles. The maximum absolute atomic E-state index is 5.11. The summed E-state index contributed by atoms with van der Waals surface area (Å²) in [6.07, 6.45) is -0.310. The van der Waals surface area contributed by atoms with Crippen LogP contribution in [0.25, 0.3) is 21.5 Å². The summed E-state index contributed by atoms with van der Waals surface area (Å²) in [6.45, 7) is 0. The first-order valence-corrected chi connectivity index (χ1v) is 16.0. The number of hydrogen-bond acceptors (Lipinski definition) is 5. The molecule has 0 aliphatic carbocycles. The predicted molar refractivity (Wildman–Crippen MR) is 195 cm³/mol. The Kier molecular flexibility index (Phi) is 6.53. The van der Waals surface area contributed by atoms with Crippen molar-refractivity contribution in [2.45, 2.75) is 12.3 Å². The second kappa shape index (κ2) is 11.3. The third kappa shape index (κ3) is 4.80. The van der Waals surface area contributed by atoms with Crippen LogP contribution in [0.5, 0.6) is 0 Å². The van der Waals surface area contributed by atoms with Gasteiger partial charge < -0.3 is 15.5 Å². The second-order valence-corrected chi connectivity index (χ2v) is 12.0. The zero-order valence-electron chi connectivity index (χ0n) is 25.6. The van der Waals surface area contributed by atoms with Crippen LogP contribution in [0.1, 0.15) is 34.6 Å². The number of nitrogens with one attached hydrogen (secondary N) is 2. The van der Waals surface area contributed by atoms with Crippen molar-refractivity contribution < 1.29 is 0 Å². The van der Waals surface area contributed by atoms with Gasteiger partial charge >= 0.3 is 0 Å². The fourth-order valence-corrected chi connectivity index (χ4v) is 6.84. The van der Waals surface area contributed by atoms with E-state index in [4.69, 9.17) is 9.98 Å². The van der Waals surface area contributed by atoms with E-state index in [-0.39, 0.29) is 12.3 Å². The topological polar surface area (TPSA) is 52.0 Å². The number of fused-ring (bicyclic) bond motifs is 5. The molecule has 2 N–H and O–H groups in total. The molecule has 7 aromatic carbocycles. The molecule has 0 amide bonds. The highest BCUT2D eigenvalue weighted by molar-refractivity contribution is 6.18. The van der Waals surface area contributed by atoms with Gasteiger partial charge in [-0.25, -0.2) is 9.98 Å². The Labute approximate surface area is 273 Å². The molecule has 2 heterocycles. The Morgan fingerprint density at radius 1 is 0.532 bits per heavy atom. The molecule has 0 fully saturated rings. The monoisotopic (exact) mass is 605 g/mol. The third-order valence-electron chi connectivity index (χ3n) is 9.09. The van der Waals surface area contributed by atoms with E-state index in [1.807, 2.05) is 36.4 Å². The van der Waals surface area contributed by atoms with Gasteiger partial charge in [0.2, 0.25) is 0 Å². The van der Waals surface area contributed by atoms with Crippen LogP contribution in [-0.2, 0) is 0 Å². The van der Waals surface area contributed by atoms with E-state index in [0.717, 1.165) is 39.7 Å². The molecule has 2 unspecified atom stereocenters. The van der Waals surface area contributed by atoms with Crippen LogP contribution in [0.4, 0.5) is 17.1 Å². The van der Waals surface area contributed by atoms with E-state index in [1.54, 1.807) is 0 Å². The number of nitrogens with zero attached hydrogens (tertiary/aromatic N) is 3. The second-order valence-electron chi connectivity index (χ2n) is 12.0. The van der Waals surface area contributed by atoms with E-state index in [0.29, 0.717) is 0 Å².